The van der Waals surface area contributed by atoms with E-state index in [-0.39, 0.29) is 5.69 Å². The summed E-state index contributed by atoms with van der Waals surface area (Å²) in [4.78, 5) is 17.5. The monoisotopic (exact) mass is 201 g/mol. The van der Waals surface area contributed by atoms with Gasteiger partial charge in [0.1, 0.15) is 12.0 Å². The van der Waals surface area contributed by atoms with E-state index in [4.69, 9.17) is 5.73 Å². The molecular weight excluding hydrogens is 190 g/mol. The molecule has 76 valence electrons. The Hall–Kier alpha value is -2.23. The van der Waals surface area contributed by atoms with Crippen LogP contribution in [0, 0.1) is 0 Å². The van der Waals surface area contributed by atoms with Crippen LogP contribution in [0.4, 0.5) is 0 Å². The lowest BCUT2D eigenvalue weighted by molar-refractivity contribution is 0.0995. The van der Waals surface area contributed by atoms with Gasteiger partial charge in [-0.2, -0.15) is 0 Å². The Morgan fingerprint density at radius 2 is 1.60 bits per heavy atom. The Morgan fingerprint density at radius 3 is 1.87 bits per heavy atom. The van der Waals surface area contributed by atoms with E-state index in [1.807, 2.05) is 36.4 Å². The van der Waals surface area contributed by atoms with E-state index in [0.29, 0.717) is 0 Å². The van der Waals surface area contributed by atoms with Crippen molar-refractivity contribution < 1.29 is 4.79 Å². The molecular formula is C11H11N3O. The van der Waals surface area contributed by atoms with E-state index in [2.05, 4.69) is 9.97 Å². The summed E-state index contributed by atoms with van der Waals surface area (Å²) in [5.41, 5.74) is 5.13. The molecule has 0 saturated carbocycles. The van der Waals surface area contributed by atoms with Crippen LogP contribution >= 0.6 is 0 Å². The Bertz CT molecular complexity index is 362. The van der Waals surface area contributed by atoms with Crippen molar-refractivity contribution in [2.75, 3.05) is 0 Å². The summed E-state index contributed by atoms with van der Waals surface area (Å²) in [6.07, 6.45) is 2.74. The lowest BCUT2D eigenvalue weighted by atomic mass is 10.4. The van der Waals surface area contributed by atoms with Crippen LogP contribution in [-0.4, -0.2) is 15.9 Å². The highest BCUT2D eigenvalue weighted by Gasteiger charge is 1.96. The third-order valence-electron chi connectivity index (χ3n) is 1.50. The summed E-state index contributed by atoms with van der Waals surface area (Å²) >= 11 is 0. The number of carbonyl (C=O) groups excluding carboxylic acids is 1. The van der Waals surface area contributed by atoms with Crippen molar-refractivity contribution >= 4 is 5.91 Å². The maximum atomic E-state index is 10.3. The van der Waals surface area contributed by atoms with Crippen LogP contribution in [0.2, 0.25) is 0 Å². The Labute approximate surface area is 87.8 Å². The van der Waals surface area contributed by atoms with Gasteiger partial charge in [-0.15, -0.1) is 0 Å². The molecule has 2 aromatic rings. The van der Waals surface area contributed by atoms with Gasteiger partial charge in [0.15, 0.2) is 0 Å². The number of aromatic nitrogens is 2. The zero-order valence-electron chi connectivity index (χ0n) is 8.08. The van der Waals surface area contributed by atoms with Crippen molar-refractivity contribution in [1.82, 2.24) is 9.97 Å². The van der Waals surface area contributed by atoms with E-state index in [1.165, 1.54) is 18.6 Å². The molecule has 0 unspecified atom stereocenters. The van der Waals surface area contributed by atoms with Crippen molar-refractivity contribution in [1.29, 1.82) is 0 Å². The first kappa shape index (κ1) is 10.8. The predicted molar refractivity (Wildman–Crippen MR) is 57.0 cm³/mol. The topological polar surface area (TPSA) is 68.9 Å². The molecule has 0 aliphatic rings. The lowest BCUT2D eigenvalue weighted by Crippen LogP contribution is -2.12. The smallest absolute Gasteiger partial charge is 0.267 e. The highest BCUT2D eigenvalue weighted by atomic mass is 16.1. The number of hydrogen-bond acceptors (Lipinski definition) is 3. The van der Waals surface area contributed by atoms with Gasteiger partial charge in [-0.1, -0.05) is 36.4 Å². The first-order chi connectivity index (χ1) is 7.30. The molecule has 0 spiro atoms. The van der Waals surface area contributed by atoms with Crippen LogP contribution in [0.3, 0.4) is 0 Å². The van der Waals surface area contributed by atoms with Gasteiger partial charge < -0.3 is 5.73 Å². The zero-order valence-corrected chi connectivity index (χ0v) is 8.08. The predicted octanol–water partition coefficient (Wildman–Crippen LogP) is 1.26. The van der Waals surface area contributed by atoms with Gasteiger partial charge in [-0.25, -0.2) is 9.97 Å². The summed E-state index contributed by atoms with van der Waals surface area (Å²) in [6, 6.07) is 13.5. The van der Waals surface area contributed by atoms with Crippen molar-refractivity contribution in [3.05, 3.63) is 60.7 Å². The Morgan fingerprint density at radius 1 is 1.07 bits per heavy atom. The summed E-state index contributed by atoms with van der Waals surface area (Å²) in [6.45, 7) is 0. The number of amides is 1. The summed E-state index contributed by atoms with van der Waals surface area (Å²) in [5.74, 6) is -0.530. The van der Waals surface area contributed by atoms with Gasteiger partial charge in [0, 0.05) is 6.20 Å². The second-order valence-corrected chi connectivity index (χ2v) is 2.61. The molecule has 4 nitrogen and oxygen atoms in total. The second-order valence-electron chi connectivity index (χ2n) is 2.61. The van der Waals surface area contributed by atoms with E-state index >= 15 is 0 Å². The number of rotatable bonds is 1. The molecule has 2 N–H and O–H groups in total. The Kier molecular flexibility index (Phi) is 4.53. The maximum Gasteiger partial charge on any atom is 0.267 e. The van der Waals surface area contributed by atoms with Crippen LogP contribution in [0.15, 0.2) is 55.0 Å². The van der Waals surface area contributed by atoms with Crippen LogP contribution in [0.5, 0.6) is 0 Å². The molecule has 2 rings (SSSR count). The average Bonchev–Trinajstić information content (AvgIpc) is 2.33. The lowest BCUT2D eigenvalue weighted by Gasteiger charge is -1.87. The molecule has 0 fully saturated rings. The minimum atomic E-state index is -0.530. The molecule has 0 saturated heterocycles. The fourth-order valence-corrected chi connectivity index (χ4v) is 0.821. The number of benzene rings is 1. The molecule has 1 amide bonds. The number of hydrogen-bond donors (Lipinski definition) is 1. The van der Waals surface area contributed by atoms with E-state index < -0.39 is 5.91 Å². The number of nitrogens with zero attached hydrogens (tertiary/aromatic N) is 2. The highest BCUT2D eigenvalue weighted by molar-refractivity contribution is 5.90. The number of primary amides is 1. The zero-order chi connectivity index (χ0) is 10.9. The molecule has 0 aliphatic carbocycles. The summed E-state index contributed by atoms with van der Waals surface area (Å²) in [5, 5.41) is 0. The fraction of sp³-hybridized carbons (Fsp3) is 0. The van der Waals surface area contributed by atoms with Crippen molar-refractivity contribution in [3.63, 3.8) is 0 Å². The first-order valence-corrected chi connectivity index (χ1v) is 4.36. The Balaban J connectivity index is 0.000000162. The van der Waals surface area contributed by atoms with Gasteiger partial charge in [-0.3, -0.25) is 4.79 Å². The van der Waals surface area contributed by atoms with E-state index in [1.54, 1.807) is 0 Å². The first-order valence-electron chi connectivity index (χ1n) is 4.36. The normalized spacial score (nSPS) is 8.53. The van der Waals surface area contributed by atoms with E-state index in [0.717, 1.165) is 0 Å². The van der Waals surface area contributed by atoms with Crippen molar-refractivity contribution in [2.45, 2.75) is 0 Å². The third-order valence-corrected chi connectivity index (χ3v) is 1.50. The molecule has 15 heavy (non-hydrogen) atoms. The fourth-order valence-electron chi connectivity index (χ4n) is 0.821. The summed E-state index contributed by atoms with van der Waals surface area (Å²) in [7, 11) is 0. The van der Waals surface area contributed by atoms with Gasteiger partial charge in [0.05, 0.1) is 0 Å². The van der Waals surface area contributed by atoms with Crippen molar-refractivity contribution in [2.24, 2.45) is 5.73 Å². The van der Waals surface area contributed by atoms with E-state index in [9.17, 15) is 4.79 Å². The number of carbonyl (C=O) groups is 1. The quantitative estimate of drug-likeness (QED) is 0.755. The van der Waals surface area contributed by atoms with Crippen LogP contribution < -0.4 is 5.73 Å². The number of nitrogens with two attached hydrogens (primary N) is 1. The van der Waals surface area contributed by atoms with Crippen molar-refractivity contribution in [3.8, 4) is 0 Å². The van der Waals surface area contributed by atoms with Gasteiger partial charge in [-0.05, 0) is 6.07 Å². The highest BCUT2D eigenvalue weighted by Crippen LogP contribution is 1.86. The van der Waals surface area contributed by atoms with Gasteiger partial charge in [0.2, 0.25) is 0 Å². The molecule has 0 atom stereocenters. The largest absolute Gasteiger partial charge is 0.364 e. The molecule has 0 radical (unpaired) electrons. The molecule has 1 heterocycles. The standard InChI is InChI=1S/C6H6.C5H5N3O/c1-2-4-6-5-3-1;6-5(9)4-1-2-7-3-8-4/h1-6H;1-3H,(H2,6,9). The minimum Gasteiger partial charge on any atom is -0.364 e. The SMILES string of the molecule is NC(=O)c1ccncn1.c1ccccc1. The van der Waals surface area contributed by atoms with Crippen LogP contribution in [-0.2, 0) is 0 Å². The third kappa shape index (κ3) is 4.52. The average molecular weight is 201 g/mol. The van der Waals surface area contributed by atoms with Gasteiger partial charge in [0.25, 0.3) is 5.91 Å². The molecule has 0 aliphatic heterocycles. The molecule has 1 aromatic heterocycles. The molecule has 4 heteroatoms. The van der Waals surface area contributed by atoms with Crippen LogP contribution in [0.1, 0.15) is 10.5 Å². The molecule has 0 bridgehead atoms. The molecule has 1 aromatic carbocycles. The van der Waals surface area contributed by atoms with Crippen LogP contribution in [0.25, 0.3) is 0 Å². The maximum absolute atomic E-state index is 10.3. The second kappa shape index (κ2) is 6.26. The minimum absolute atomic E-state index is 0.241. The summed E-state index contributed by atoms with van der Waals surface area (Å²) < 4.78 is 0. The van der Waals surface area contributed by atoms with Gasteiger partial charge >= 0.3 is 0 Å².